The van der Waals surface area contributed by atoms with Gasteiger partial charge in [-0.2, -0.15) is 0 Å². The molecule has 0 atom stereocenters. The molecule has 2 aliphatic rings. The highest BCUT2D eigenvalue weighted by atomic mass is 19.3. The molecule has 0 radical (unpaired) electrons. The van der Waals surface area contributed by atoms with E-state index in [0.717, 1.165) is 12.8 Å². The average molecular weight is 283 g/mol. The van der Waals surface area contributed by atoms with E-state index in [4.69, 9.17) is 0 Å². The van der Waals surface area contributed by atoms with Crippen molar-refractivity contribution in [3.8, 4) is 0 Å². The summed E-state index contributed by atoms with van der Waals surface area (Å²) in [4.78, 5) is 16.2. The van der Waals surface area contributed by atoms with Crippen LogP contribution in [0.1, 0.15) is 25.7 Å². The van der Waals surface area contributed by atoms with Gasteiger partial charge in [-0.3, -0.25) is 10.1 Å². The summed E-state index contributed by atoms with van der Waals surface area (Å²) in [7, 11) is 0. The summed E-state index contributed by atoms with van der Waals surface area (Å²) < 4.78 is 26.0. The van der Waals surface area contributed by atoms with Crippen molar-refractivity contribution < 1.29 is 13.7 Å². The highest BCUT2D eigenvalue weighted by molar-refractivity contribution is 5.43. The Morgan fingerprint density at radius 1 is 1.25 bits per heavy atom. The third-order valence-corrected chi connectivity index (χ3v) is 4.36. The molecule has 108 valence electrons. The third kappa shape index (κ3) is 2.32. The van der Waals surface area contributed by atoms with Gasteiger partial charge < -0.3 is 4.90 Å². The van der Waals surface area contributed by atoms with Crippen molar-refractivity contribution in [2.45, 2.75) is 31.6 Å². The summed E-state index contributed by atoms with van der Waals surface area (Å²) in [6.07, 6.45) is 2.71. The van der Waals surface area contributed by atoms with Crippen LogP contribution in [0.25, 0.3) is 0 Å². The number of halogens is 2. The van der Waals surface area contributed by atoms with Crippen LogP contribution in [0, 0.1) is 15.5 Å². The Morgan fingerprint density at radius 3 is 2.35 bits per heavy atom. The Labute approximate surface area is 114 Å². The lowest BCUT2D eigenvalue weighted by Gasteiger charge is -2.52. The van der Waals surface area contributed by atoms with Crippen molar-refractivity contribution in [2.24, 2.45) is 5.41 Å². The molecule has 1 aromatic heterocycles. The number of anilines is 1. The Morgan fingerprint density at radius 2 is 1.90 bits per heavy atom. The van der Waals surface area contributed by atoms with E-state index in [-0.39, 0.29) is 23.9 Å². The zero-order valence-corrected chi connectivity index (χ0v) is 10.9. The molecule has 2 heterocycles. The zero-order valence-electron chi connectivity index (χ0n) is 10.9. The number of nitro groups is 1. The van der Waals surface area contributed by atoms with Crippen molar-refractivity contribution >= 4 is 11.5 Å². The first-order chi connectivity index (χ1) is 9.39. The maximum atomic E-state index is 13.0. The topological polar surface area (TPSA) is 59.3 Å². The van der Waals surface area contributed by atoms with Crippen LogP contribution in [0.3, 0.4) is 0 Å². The van der Waals surface area contributed by atoms with E-state index in [1.807, 2.05) is 4.90 Å². The molecule has 1 aromatic rings. The van der Waals surface area contributed by atoms with Gasteiger partial charge in [0.05, 0.1) is 4.92 Å². The van der Waals surface area contributed by atoms with Gasteiger partial charge in [0.2, 0.25) is 5.92 Å². The number of hydrogen-bond acceptors (Lipinski definition) is 4. The number of hydrogen-bond donors (Lipinski definition) is 0. The predicted molar refractivity (Wildman–Crippen MR) is 69.0 cm³/mol. The zero-order chi connectivity index (χ0) is 14.4. The van der Waals surface area contributed by atoms with Crippen LogP contribution in [-0.4, -0.2) is 28.9 Å². The van der Waals surface area contributed by atoms with E-state index >= 15 is 0 Å². The summed E-state index contributed by atoms with van der Waals surface area (Å²) in [6, 6.07) is 3.04. The Hall–Kier alpha value is -1.79. The van der Waals surface area contributed by atoms with Crippen molar-refractivity contribution in [1.82, 2.24) is 4.98 Å². The van der Waals surface area contributed by atoms with Crippen LogP contribution in [0.5, 0.6) is 0 Å². The molecule has 3 rings (SSSR count). The van der Waals surface area contributed by atoms with Crippen LogP contribution < -0.4 is 4.90 Å². The molecule has 1 aliphatic carbocycles. The van der Waals surface area contributed by atoms with Crippen LogP contribution in [0.15, 0.2) is 18.3 Å². The van der Waals surface area contributed by atoms with Gasteiger partial charge in [-0.05, 0) is 24.3 Å². The van der Waals surface area contributed by atoms with Gasteiger partial charge in [-0.15, -0.1) is 0 Å². The molecule has 0 N–H and O–H groups in total. The van der Waals surface area contributed by atoms with E-state index in [1.165, 1.54) is 12.3 Å². The number of alkyl halides is 2. The van der Waals surface area contributed by atoms with Gasteiger partial charge in [0.25, 0.3) is 5.69 Å². The first kappa shape index (κ1) is 13.2. The molecule has 1 aliphatic heterocycles. The minimum absolute atomic E-state index is 0.00152. The molecule has 0 unspecified atom stereocenters. The van der Waals surface area contributed by atoms with E-state index in [0.29, 0.717) is 18.9 Å². The lowest BCUT2D eigenvalue weighted by molar-refractivity contribution is -0.385. The first-order valence-corrected chi connectivity index (χ1v) is 6.63. The second-order valence-electron chi connectivity index (χ2n) is 5.83. The summed E-state index contributed by atoms with van der Waals surface area (Å²) in [6.45, 7) is 1.36. The summed E-state index contributed by atoms with van der Waals surface area (Å²) in [5, 5.41) is 10.6. The van der Waals surface area contributed by atoms with Gasteiger partial charge in [0.15, 0.2) is 0 Å². The Balaban J connectivity index is 1.62. The fourth-order valence-corrected chi connectivity index (χ4v) is 3.28. The van der Waals surface area contributed by atoms with E-state index in [9.17, 15) is 18.9 Å². The van der Waals surface area contributed by atoms with Gasteiger partial charge in [0.1, 0.15) is 12.0 Å². The summed E-state index contributed by atoms with van der Waals surface area (Å²) >= 11 is 0. The SMILES string of the molecule is O=[N+]([O-])c1ccc(N2CCC3(CC2)CC(F)(F)C3)nc1. The van der Waals surface area contributed by atoms with Crippen molar-refractivity contribution in [2.75, 3.05) is 18.0 Å². The van der Waals surface area contributed by atoms with Gasteiger partial charge >= 0.3 is 0 Å². The number of nitrogens with zero attached hydrogens (tertiary/aromatic N) is 3. The average Bonchev–Trinajstić information content (AvgIpc) is 2.37. The number of pyridine rings is 1. The Bertz CT molecular complexity index is 515. The fourth-order valence-electron chi connectivity index (χ4n) is 3.28. The van der Waals surface area contributed by atoms with E-state index in [1.54, 1.807) is 6.07 Å². The molecule has 5 nitrogen and oxygen atoms in total. The normalized spacial score (nSPS) is 23.4. The van der Waals surface area contributed by atoms with E-state index in [2.05, 4.69) is 4.98 Å². The molecule has 1 spiro atoms. The maximum Gasteiger partial charge on any atom is 0.287 e. The molecule has 7 heteroatoms. The number of aromatic nitrogens is 1. The molecule has 20 heavy (non-hydrogen) atoms. The van der Waals surface area contributed by atoms with Crippen LogP contribution in [0.2, 0.25) is 0 Å². The minimum atomic E-state index is -2.48. The smallest absolute Gasteiger partial charge is 0.287 e. The molecule has 0 bridgehead atoms. The van der Waals surface area contributed by atoms with Gasteiger partial charge in [0, 0.05) is 32.0 Å². The molecule has 2 fully saturated rings. The van der Waals surface area contributed by atoms with Gasteiger partial charge in [-0.1, -0.05) is 0 Å². The van der Waals surface area contributed by atoms with Crippen LogP contribution in [0.4, 0.5) is 20.3 Å². The van der Waals surface area contributed by atoms with Crippen molar-refractivity contribution in [3.05, 3.63) is 28.4 Å². The number of piperidine rings is 1. The monoisotopic (exact) mass is 283 g/mol. The van der Waals surface area contributed by atoms with Crippen molar-refractivity contribution in [3.63, 3.8) is 0 Å². The quantitative estimate of drug-likeness (QED) is 0.618. The van der Waals surface area contributed by atoms with Crippen LogP contribution in [-0.2, 0) is 0 Å². The summed E-state index contributed by atoms with van der Waals surface area (Å²) in [5.74, 6) is -1.80. The first-order valence-electron chi connectivity index (χ1n) is 6.63. The molecular weight excluding hydrogens is 268 g/mol. The molecule has 1 saturated carbocycles. The van der Waals surface area contributed by atoms with E-state index < -0.39 is 10.8 Å². The molecular formula is C13H15F2N3O2. The van der Waals surface area contributed by atoms with Gasteiger partial charge in [-0.25, -0.2) is 13.8 Å². The Kier molecular flexibility index (Phi) is 2.88. The highest BCUT2D eigenvalue weighted by Crippen LogP contribution is 2.57. The van der Waals surface area contributed by atoms with Crippen molar-refractivity contribution in [1.29, 1.82) is 0 Å². The highest BCUT2D eigenvalue weighted by Gasteiger charge is 2.56. The lowest BCUT2D eigenvalue weighted by atomic mass is 9.61. The molecule has 1 saturated heterocycles. The predicted octanol–water partition coefficient (Wildman–Crippen LogP) is 3.01. The lowest BCUT2D eigenvalue weighted by Crippen LogP contribution is -2.52. The minimum Gasteiger partial charge on any atom is -0.357 e. The maximum absolute atomic E-state index is 13.0. The second kappa shape index (κ2) is 4.36. The molecule has 0 amide bonds. The largest absolute Gasteiger partial charge is 0.357 e. The second-order valence-corrected chi connectivity index (χ2v) is 5.83. The van der Waals surface area contributed by atoms with Crippen LogP contribution >= 0.6 is 0 Å². The summed E-state index contributed by atoms with van der Waals surface area (Å²) in [5.41, 5.74) is -0.235. The standard InChI is InChI=1S/C13H15F2N3O2/c14-13(15)8-12(9-13)3-5-17(6-4-12)11-2-1-10(7-16-11)18(19)20/h1-2,7H,3-6,8-9H2. The molecule has 0 aromatic carbocycles. The fraction of sp³-hybridized carbons (Fsp3) is 0.615. The number of rotatable bonds is 2. The third-order valence-electron chi connectivity index (χ3n) is 4.36.